The number of hydrogen-bond acceptors (Lipinski definition) is 8. The fourth-order valence-electron chi connectivity index (χ4n) is 4.17. The van der Waals surface area contributed by atoms with Crippen LogP contribution in [-0.4, -0.2) is 90.2 Å². The SMILES string of the molecule is COc1cc2[se]c(C(=O)CCC(=O)O)cc2cc1OCCCCOc1cc2cc(C(=O)CCC(=O)O)[se]c2cc1OC. The van der Waals surface area contributed by atoms with Crippen molar-refractivity contribution in [2.45, 2.75) is 38.5 Å². The van der Waals surface area contributed by atoms with Gasteiger partial charge in [0.2, 0.25) is 0 Å². The molecule has 0 saturated heterocycles. The number of rotatable bonds is 17. The first-order chi connectivity index (χ1) is 20.2. The quantitative estimate of drug-likeness (QED) is 0.0917. The van der Waals surface area contributed by atoms with Crippen LogP contribution < -0.4 is 18.9 Å². The Bertz CT molecular complexity index is 1500. The van der Waals surface area contributed by atoms with Crippen LogP contribution in [0.25, 0.3) is 19.3 Å². The van der Waals surface area contributed by atoms with E-state index in [0.29, 0.717) is 57.9 Å². The van der Waals surface area contributed by atoms with Crippen LogP contribution in [0.1, 0.15) is 57.0 Å². The molecule has 0 aliphatic carbocycles. The molecule has 0 amide bonds. The average Bonchev–Trinajstić information content (AvgIpc) is 3.58. The Morgan fingerprint density at radius 1 is 0.595 bits per heavy atom. The van der Waals surface area contributed by atoms with Crippen molar-refractivity contribution in [3.63, 3.8) is 0 Å². The van der Waals surface area contributed by atoms with Gasteiger partial charge in [-0.2, -0.15) is 0 Å². The zero-order valence-electron chi connectivity index (χ0n) is 23.1. The number of carboxylic acids is 2. The topological polar surface area (TPSA) is 146 Å². The molecule has 0 aliphatic heterocycles. The van der Waals surface area contributed by atoms with Gasteiger partial charge in [-0.1, -0.05) is 0 Å². The number of fused-ring (bicyclic) bond motifs is 2. The molecule has 2 N–H and O–H groups in total. The van der Waals surface area contributed by atoms with Crippen molar-refractivity contribution in [2.75, 3.05) is 27.4 Å². The second-order valence-electron chi connectivity index (χ2n) is 9.34. The molecule has 0 unspecified atom stereocenters. The van der Waals surface area contributed by atoms with Gasteiger partial charge in [0.25, 0.3) is 0 Å². The maximum absolute atomic E-state index is 12.4. The summed E-state index contributed by atoms with van der Waals surface area (Å²) in [6.45, 7) is 0.846. The van der Waals surface area contributed by atoms with Gasteiger partial charge in [-0.25, -0.2) is 0 Å². The normalized spacial score (nSPS) is 11.0. The summed E-state index contributed by atoms with van der Waals surface area (Å²) in [6, 6.07) is 11.1. The number of ketones is 2. The molecule has 2 aromatic carbocycles. The minimum atomic E-state index is -0.989. The Kier molecular flexibility index (Phi) is 10.9. The number of unbranched alkanes of at least 4 members (excludes halogenated alkanes) is 1. The number of carbonyl (C=O) groups is 4. The number of carbonyl (C=O) groups excluding carboxylic acids is 2. The third-order valence-electron chi connectivity index (χ3n) is 6.34. The van der Waals surface area contributed by atoms with Crippen molar-refractivity contribution in [1.29, 1.82) is 0 Å². The molecule has 2 heterocycles. The maximum atomic E-state index is 12.4. The first-order valence-electron chi connectivity index (χ1n) is 13.2. The number of hydrogen-bond donors (Lipinski definition) is 2. The van der Waals surface area contributed by atoms with Crippen LogP contribution >= 0.6 is 0 Å². The third kappa shape index (κ3) is 8.04. The molecule has 0 bridgehead atoms. The van der Waals surface area contributed by atoms with Crippen molar-refractivity contribution in [1.82, 2.24) is 0 Å². The Labute approximate surface area is 253 Å². The van der Waals surface area contributed by atoms with Crippen LogP contribution in [0, 0.1) is 0 Å². The molecule has 10 nitrogen and oxygen atoms in total. The van der Waals surface area contributed by atoms with Gasteiger partial charge in [-0.05, 0) is 0 Å². The van der Waals surface area contributed by atoms with Crippen LogP contribution in [0.3, 0.4) is 0 Å². The summed E-state index contributed by atoms with van der Waals surface area (Å²) in [5, 5.41) is 19.5. The molecule has 42 heavy (non-hydrogen) atoms. The van der Waals surface area contributed by atoms with Crippen molar-refractivity contribution in [3.05, 3.63) is 45.3 Å². The fraction of sp³-hybridized carbons (Fsp3) is 0.333. The second-order valence-corrected chi connectivity index (χ2v) is 13.9. The molecule has 0 spiro atoms. The summed E-state index contributed by atoms with van der Waals surface area (Å²) in [6.07, 6.45) is 1.03. The minimum absolute atomic E-state index is 0.0103. The zero-order valence-corrected chi connectivity index (χ0v) is 26.5. The van der Waals surface area contributed by atoms with E-state index in [0.717, 1.165) is 19.3 Å². The fourth-order valence-corrected chi connectivity index (χ4v) is 8.54. The van der Waals surface area contributed by atoms with Gasteiger partial charge >= 0.3 is 254 Å². The molecule has 0 aliphatic rings. The van der Waals surface area contributed by atoms with E-state index >= 15 is 0 Å². The first-order valence-corrected chi connectivity index (χ1v) is 16.6. The van der Waals surface area contributed by atoms with Gasteiger partial charge in [0, 0.05) is 0 Å². The molecular formula is C30H30O10Se2. The predicted molar refractivity (Wildman–Crippen MR) is 158 cm³/mol. The standard InChI is InChI=1S/C30H30O10Se2/c1-37-21-15-25-17(13-27(41-25)19(31)5-7-29(33)34)11-23(21)39-9-3-4-10-40-24-12-18-14-28(20(32)6-8-30(35)36)42-26(18)16-22(24)38-2/h11-16H,3-10H2,1-2H3,(H,33,34)(H,35,36). The second kappa shape index (κ2) is 14.6. The van der Waals surface area contributed by atoms with Crippen LogP contribution in [0.2, 0.25) is 0 Å². The van der Waals surface area contributed by atoms with Crippen LogP contribution in [0.5, 0.6) is 23.0 Å². The van der Waals surface area contributed by atoms with E-state index in [4.69, 9.17) is 29.2 Å². The van der Waals surface area contributed by atoms with E-state index in [-0.39, 0.29) is 66.3 Å². The van der Waals surface area contributed by atoms with Crippen molar-refractivity contribution < 1.29 is 48.3 Å². The van der Waals surface area contributed by atoms with Gasteiger partial charge in [0.05, 0.1) is 0 Å². The molecule has 0 radical (unpaired) electrons. The molecule has 4 rings (SSSR count). The molecule has 222 valence electrons. The number of ether oxygens (including phenoxy) is 4. The summed E-state index contributed by atoms with van der Waals surface area (Å²) in [7, 11) is 3.12. The van der Waals surface area contributed by atoms with E-state index in [1.165, 1.54) is 0 Å². The Hall–Kier alpha value is -3.56. The monoisotopic (exact) mass is 710 g/mol. The third-order valence-corrected chi connectivity index (χ3v) is 11.1. The zero-order chi connectivity index (χ0) is 30.2. The van der Waals surface area contributed by atoms with Crippen molar-refractivity contribution in [3.8, 4) is 23.0 Å². The number of benzene rings is 2. The first kappa shape index (κ1) is 31.4. The van der Waals surface area contributed by atoms with E-state index in [1.54, 1.807) is 14.2 Å². The molecule has 2 aromatic heterocycles. The summed E-state index contributed by atoms with van der Waals surface area (Å²) in [5.41, 5.74) is 0. The average molecular weight is 708 g/mol. The number of methoxy groups -OCH3 is 2. The van der Waals surface area contributed by atoms with Crippen LogP contribution in [0.15, 0.2) is 36.4 Å². The summed E-state index contributed by atoms with van der Waals surface area (Å²) in [4.78, 5) is 46.4. The van der Waals surface area contributed by atoms with E-state index in [1.807, 2.05) is 36.4 Å². The summed E-state index contributed by atoms with van der Waals surface area (Å²) >= 11 is -0.415. The molecule has 0 atom stereocenters. The molecule has 0 saturated carbocycles. The summed E-state index contributed by atoms with van der Waals surface area (Å²) in [5.74, 6) is 0.0511. The van der Waals surface area contributed by atoms with E-state index in [9.17, 15) is 19.2 Å². The Morgan fingerprint density at radius 2 is 1.00 bits per heavy atom. The Morgan fingerprint density at radius 3 is 1.36 bits per heavy atom. The van der Waals surface area contributed by atoms with Gasteiger partial charge in [-0.3, -0.25) is 0 Å². The number of Topliss-reactive ketones (excluding diaryl/α,β-unsaturated/α-hetero) is 2. The predicted octanol–water partition coefficient (Wildman–Crippen LogP) is 4.46. The molecular weight excluding hydrogens is 678 g/mol. The van der Waals surface area contributed by atoms with E-state index < -0.39 is 11.9 Å². The number of carboxylic acid groups (broad SMARTS) is 2. The van der Waals surface area contributed by atoms with Crippen LogP contribution in [0.4, 0.5) is 0 Å². The van der Waals surface area contributed by atoms with Crippen molar-refractivity contribution >= 4 is 71.8 Å². The van der Waals surface area contributed by atoms with Gasteiger partial charge in [0.15, 0.2) is 0 Å². The Balaban J connectivity index is 1.31. The van der Waals surface area contributed by atoms with Gasteiger partial charge in [-0.15, -0.1) is 0 Å². The molecule has 12 heteroatoms. The molecule has 0 fully saturated rings. The molecule has 4 aromatic rings. The van der Waals surface area contributed by atoms with Crippen LogP contribution in [-0.2, 0) is 9.59 Å². The van der Waals surface area contributed by atoms with Crippen molar-refractivity contribution in [2.24, 2.45) is 0 Å². The summed E-state index contributed by atoms with van der Waals surface area (Å²) < 4.78 is 26.3. The number of aliphatic carboxylic acids is 2. The van der Waals surface area contributed by atoms with E-state index in [2.05, 4.69) is 0 Å². The van der Waals surface area contributed by atoms with Gasteiger partial charge < -0.3 is 0 Å². The van der Waals surface area contributed by atoms with Gasteiger partial charge in [0.1, 0.15) is 0 Å².